The van der Waals surface area contributed by atoms with Crippen LogP contribution in [0.1, 0.15) is 37.5 Å². The summed E-state index contributed by atoms with van der Waals surface area (Å²) in [5, 5.41) is 4.03. The molecule has 0 bridgehead atoms. The van der Waals surface area contributed by atoms with Gasteiger partial charge in [0.05, 0.1) is 16.1 Å². The first-order chi connectivity index (χ1) is 14.1. The maximum Gasteiger partial charge on any atom is 0.264 e. The van der Waals surface area contributed by atoms with Crippen molar-refractivity contribution in [2.24, 2.45) is 4.99 Å². The van der Waals surface area contributed by atoms with E-state index in [1.165, 1.54) is 28.6 Å². The van der Waals surface area contributed by atoms with E-state index in [4.69, 9.17) is 11.6 Å². The van der Waals surface area contributed by atoms with Crippen LogP contribution in [-0.4, -0.2) is 23.7 Å². The maximum absolute atomic E-state index is 12.5. The van der Waals surface area contributed by atoms with Crippen LogP contribution in [-0.2, 0) is 4.79 Å². The molecule has 0 aromatic heterocycles. The monoisotopic (exact) mass is 437 g/mol. The van der Waals surface area contributed by atoms with Gasteiger partial charge in [-0.25, -0.2) is 4.99 Å². The molecule has 2 aliphatic rings. The third kappa shape index (κ3) is 3.92. The van der Waals surface area contributed by atoms with Gasteiger partial charge in [-0.15, -0.1) is 0 Å². The second-order valence-corrected chi connectivity index (χ2v) is 9.70. The number of thioether (sulfide) groups is 1. The average Bonchev–Trinajstić information content (AvgIpc) is 3.01. The first-order valence-corrected chi connectivity index (χ1v) is 11.0. The molecule has 0 saturated carbocycles. The first kappa shape index (κ1) is 20.8. The number of fused-ring (bicyclic) bond motifs is 1. The summed E-state index contributed by atoms with van der Waals surface area (Å²) in [5.74, 6) is -0.137. The number of carbonyl (C=O) groups excluding carboxylic acids is 1. The van der Waals surface area contributed by atoms with Gasteiger partial charge in [-0.05, 0) is 86.5 Å². The molecule has 6 heteroatoms. The fraction of sp³-hybridized carbons (Fsp3) is 0.250. The molecule has 2 aromatic carbocycles. The molecule has 1 amide bonds. The van der Waals surface area contributed by atoms with E-state index < -0.39 is 0 Å². The zero-order valence-electron chi connectivity index (χ0n) is 17.7. The van der Waals surface area contributed by atoms with E-state index >= 15 is 0 Å². The van der Waals surface area contributed by atoms with Crippen LogP contribution in [0.15, 0.2) is 52.4 Å². The summed E-state index contributed by atoms with van der Waals surface area (Å²) in [6, 6.07) is 11.9. The molecular weight excluding hydrogens is 414 g/mol. The lowest BCUT2D eigenvalue weighted by atomic mass is 9.88. The van der Waals surface area contributed by atoms with E-state index in [1.54, 1.807) is 6.07 Å². The molecule has 154 valence electrons. The van der Waals surface area contributed by atoms with Crippen molar-refractivity contribution >= 4 is 57.5 Å². The van der Waals surface area contributed by atoms with Gasteiger partial charge in [0.15, 0.2) is 5.17 Å². The highest BCUT2D eigenvalue weighted by atomic mass is 35.5. The number of carbonyl (C=O) groups is 1. The minimum absolute atomic E-state index is 0.0257. The lowest BCUT2D eigenvalue weighted by molar-refractivity contribution is -0.115. The SMILES string of the molecule is CC1=CC(C)(C)N(C)c2ccc(/C=C3\SC(=Nc4cc(Cl)ccc4C)NC3=O)cc21. The topological polar surface area (TPSA) is 44.7 Å². The van der Waals surface area contributed by atoms with E-state index in [9.17, 15) is 4.79 Å². The van der Waals surface area contributed by atoms with E-state index in [-0.39, 0.29) is 11.4 Å². The summed E-state index contributed by atoms with van der Waals surface area (Å²) in [5.41, 5.74) is 6.36. The van der Waals surface area contributed by atoms with E-state index in [2.05, 4.69) is 67.3 Å². The molecule has 0 unspecified atom stereocenters. The van der Waals surface area contributed by atoms with Crippen molar-refractivity contribution in [3.8, 4) is 0 Å². The number of amidine groups is 1. The maximum atomic E-state index is 12.5. The third-order valence-corrected chi connectivity index (χ3v) is 6.73. The van der Waals surface area contributed by atoms with Crippen LogP contribution in [0.2, 0.25) is 5.02 Å². The number of hydrogen-bond donors (Lipinski definition) is 1. The summed E-state index contributed by atoms with van der Waals surface area (Å²) in [6.07, 6.45) is 4.20. The van der Waals surface area contributed by atoms with Crippen molar-refractivity contribution in [3.63, 3.8) is 0 Å². The van der Waals surface area contributed by atoms with Gasteiger partial charge in [0.25, 0.3) is 5.91 Å². The van der Waals surface area contributed by atoms with Crippen LogP contribution >= 0.6 is 23.4 Å². The van der Waals surface area contributed by atoms with Crippen LogP contribution in [0.3, 0.4) is 0 Å². The minimum atomic E-state index is -0.137. The molecule has 0 atom stereocenters. The highest BCUT2D eigenvalue weighted by Crippen LogP contribution is 2.39. The van der Waals surface area contributed by atoms with Gasteiger partial charge in [0, 0.05) is 23.3 Å². The number of aryl methyl sites for hydroxylation is 1. The lowest BCUT2D eigenvalue weighted by Crippen LogP contribution is -2.42. The van der Waals surface area contributed by atoms with Crippen molar-refractivity contribution in [2.75, 3.05) is 11.9 Å². The predicted octanol–water partition coefficient (Wildman–Crippen LogP) is 6.17. The number of likely N-dealkylation sites (N-methyl/N-ethyl adjacent to an activating group) is 1. The number of hydrogen-bond acceptors (Lipinski definition) is 4. The fourth-order valence-electron chi connectivity index (χ4n) is 3.71. The van der Waals surface area contributed by atoms with Crippen molar-refractivity contribution < 1.29 is 4.79 Å². The molecule has 0 radical (unpaired) electrons. The Balaban J connectivity index is 1.63. The van der Waals surface area contributed by atoms with Crippen LogP contribution < -0.4 is 10.2 Å². The normalized spacial score (nSPS) is 20.4. The number of amides is 1. The molecule has 2 aromatic rings. The molecule has 1 fully saturated rings. The standard InChI is InChI=1S/C24H24ClN3OS/c1-14-6-8-17(25)12-19(14)26-23-27-22(29)21(30-23)11-16-7-9-20-18(10-16)15(2)13-24(3,4)28(20)5/h6-13H,1-5H3,(H,26,27,29)/b21-11-. The Kier molecular flexibility index (Phi) is 5.28. The van der Waals surface area contributed by atoms with Crippen molar-refractivity contribution in [1.82, 2.24) is 5.32 Å². The molecule has 2 aliphatic heterocycles. The summed E-state index contributed by atoms with van der Waals surface area (Å²) in [6.45, 7) is 8.52. The predicted molar refractivity (Wildman–Crippen MR) is 130 cm³/mol. The lowest BCUT2D eigenvalue weighted by Gasteiger charge is -2.40. The number of rotatable bonds is 2. The quantitative estimate of drug-likeness (QED) is 0.571. The Morgan fingerprint density at radius 1 is 1.17 bits per heavy atom. The molecule has 4 rings (SSSR count). The minimum Gasteiger partial charge on any atom is -0.366 e. The van der Waals surface area contributed by atoms with Gasteiger partial charge in [0.2, 0.25) is 0 Å². The number of nitrogens with one attached hydrogen (secondary N) is 1. The number of allylic oxidation sites excluding steroid dienone is 1. The summed E-state index contributed by atoms with van der Waals surface area (Å²) < 4.78 is 0. The van der Waals surface area contributed by atoms with Gasteiger partial charge in [0.1, 0.15) is 0 Å². The van der Waals surface area contributed by atoms with Gasteiger partial charge in [-0.1, -0.05) is 29.8 Å². The van der Waals surface area contributed by atoms with Gasteiger partial charge < -0.3 is 10.2 Å². The van der Waals surface area contributed by atoms with Gasteiger partial charge in [-0.2, -0.15) is 0 Å². The molecule has 30 heavy (non-hydrogen) atoms. The number of halogens is 1. The largest absolute Gasteiger partial charge is 0.366 e. The third-order valence-electron chi connectivity index (χ3n) is 5.58. The van der Waals surface area contributed by atoms with Crippen molar-refractivity contribution in [2.45, 2.75) is 33.2 Å². The molecule has 0 aliphatic carbocycles. The average molecular weight is 438 g/mol. The number of nitrogens with zero attached hydrogens (tertiary/aromatic N) is 2. The Bertz CT molecular complexity index is 1150. The fourth-order valence-corrected chi connectivity index (χ4v) is 4.71. The second-order valence-electron chi connectivity index (χ2n) is 8.23. The van der Waals surface area contributed by atoms with Crippen molar-refractivity contribution in [3.05, 3.63) is 69.1 Å². The Morgan fingerprint density at radius 2 is 1.93 bits per heavy atom. The zero-order valence-corrected chi connectivity index (χ0v) is 19.3. The van der Waals surface area contributed by atoms with E-state index in [1.807, 2.05) is 25.1 Å². The number of anilines is 1. The second kappa shape index (κ2) is 7.64. The smallest absolute Gasteiger partial charge is 0.264 e. The Labute approximate surface area is 186 Å². The van der Waals surface area contributed by atoms with E-state index in [0.717, 1.165) is 16.8 Å². The molecule has 1 N–H and O–H groups in total. The molecule has 1 saturated heterocycles. The summed E-state index contributed by atoms with van der Waals surface area (Å²) >= 11 is 7.43. The van der Waals surface area contributed by atoms with Crippen LogP contribution in [0.25, 0.3) is 11.6 Å². The highest BCUT2D eigenvalue weighted by Gasteiger charge is 2.29. The number of aliphatic imine (C=N–C) groups is 1. The van der Waals surface area contributed by atoms with Gasteiger partial charge >= 0.3 is 0 Å². The molecule has 2 heterocycles. The van der Waals surface area contributed by atoms with Crippen LogP contribution in [0.4, 0.5) is 11.4 Å². The molecular formula is C24H24ClN3OS. The summed E-state index contributed by atoms with van der Waals surface area (Å²) in [4.78, 5) is 20.0. The Hall–Kier alpha value is -2.50. The highest BCUT2D eigenvalue weighted by molar-refractivity contribution is 8.18. The van der Waals surface area contributed by atoms with Crippen molar-refractivity contribution in [1.29, 1.82) is 0 Å². The zero-order chi connectivity index (χ0) is 21.6. The van der Waals surface area contributed by atoms with Crippen LogP contribution in [0.5, 0.6) is 0 Å². The van der Waals surface area contributed by atoms with Crippen LogP contribution in [0, 0.1) is 6.92 Å². The summed E-state index contributed by atoms with van der Waals surface area (Å²) in [7, 11) is 2.11. The first-order valence-electron chi connectivity index (χ1n) is 9.77. The molecule has 0 spiro atoms. The van der Waals surface area contributed by atoms with Gasteiger partial charge in [-0.3, -0.25) is 4.79 Å². The van der Waals surface area contributed by atoms with E-state index in [0.29, 0.717) is 15.1 Å². The molecule has 4 nitrogen and oxygen atoms in total. The Morgan fingerprint density at radius 3 is 2.70 bits per heavy atom. The number of benzene rings is 2.